The molecule has 1 fully saturated rings. The number of benzene rings is 1. The van der Waals surface area contributed by atoms with Gasteiger partial charge in [-0.1, -0.05) is 24.9 Å². The number of anilines is 1. The Balaban J connectivity index is 2.00. The van der Waals surface area contributed by atoms with E-state index in [1.807, 2.05) is 6.07 Å². The van der Waals surface area contributed by atoms with Crippen LogP contribution in [0.4, 0.5) is 5.69 Å². The van der Waals surface area contributed by atoms with Gasteiger partial charge in [-0.2, -0.15) is 0 Å². The van der Waals surface area contributed by atoms with Gasteiger partial charge < -0.3 is 10.5 Å². The smallest absolute Gasteiger partial charge is 0.121 e. The molecule has 1 aliphatic rings. The van der Waals surface area contributed by atoms with Crippen LogP contribution in [0.15, 0.2) is 18.2 Å². The highest BCUT2D eigenvalue weighted by Gasteiger charge is 2.20. The Kier molecular flexibility index (Phi) is 3.59. The van der Waals surface area contributed by atoms with Gasteiger partial charge >= 0.3 is 0 Å². The zero-order valence-electron chi connectivity index (χ0n) is 9.58. The van der Waals surface area contributed by atoms with Crippen LogP contribution in [0.3, 0.4) is 0 Å². The van der Waals surface area contributed by atoms with E-state index in [0.717, 1.165) is 24.5 Å². The molecule has 0 radical (unpaired) electrons. The molecule has 2 N–H and O–H groups in total. The lowest BCUT2D eigenvalue weighted by molar-refractivity contribution is 0.129. The standard InChI is InChI=1S/C13H18ClNO/c1-9-3-2-4-10(7-9)16-11-5-6-13(15)12(14)8-11/h5-6,8-10H,2-4,7,15H2,1H3. The second-order valence-electron chi connectivity index (χ2n) is 4.69. The van der Waals surface area contributed by atoms with E-state index in [4.69, 9.17) is 22.1 Å². The lowest BCUT2D eigenvalue weighted by atomic mass is 9.89. The van der Waals surface area contributed by atoms with Crippen LogP contribution in [0, 0.1) is 5.92 Å². The highest BCUT2D eigenvalue weighted by atomic mass is 35.5. The molecular weight excluding hydrogens is 222 g/mol. The zero-order chi connectivity index (χ0) is 11.5. The third-order valence-corrected chi connectivity index (χ3v) is 3.49. The van der Waals surface area contributed by atoms with Crippen molar-refractivity contribution in [1.29, 1.82) is 0 Å². The maximum atomic E-state index is 5.96. The third-order valence-electron chi connectivity index (χ3n) is 3.16. The molecule has 0 aromatic heterocycles. The first kappa shape index (κ1) is 11.6. The fraction of sp³-hybridized carbons (Fsp3) is 0.538. The average Bonchev–Trinajstić information content (AvgIpc) is 2.24. The van der Waals surface area contributed by atoms with E-state index in [1.165, 1.54) is 12.8 Å². The SMILES string of the molecule is CC1CCCC(Oc2ccc(N)c(Cl)c2)C1. The molecular formula is C13H18ClNO. The Morgan fingerprint density at radius 3 is 2.88 bits per heavy atom. The zero-order valence-corrected chi connectivity index (χ0v) is 10.3. The van der Waals surface area contributed by atoms with Gasteiger partial charge in [0.05, 0.1) is 16.8 Å². The van der Waals surface area contributed by atoms with Crippen molar-refractivity contribution in [3.63, 3.8) is 0 Å². The lowest BCUT2D eigenvalue weighted by Gasteiger charge is -2.27. The predicted octanol–water partition coefficient (Wildman–Crippen LogP) is 3.88. The van der Waals surface area contributed by atoms with Gasteiger partial charge in [0.1, 0.15) is 5.75 Å². The molecule has 2 unspecified atom stereocenters. The van der Waals surface area contributed by atoms with Crippen LogP contribution in [0.1, 0.15) is 32.6 Å². The molecule has 1 aromatic rings. The molecule has 16 heavy (non-hydrogen) atoms. The topological polar surface area (TPSA) is 35.2 Å². The van der Waals surface area contributed by atoms with Crippen LogP contribution in [0.25, 0.3) is 0 Å². The first-order valence-corrected chi connectivity index (χ1v) is 6.24. The monoisotopic (exact) mass is 239 g/mol. The predicted molar refractivity (Wildman–Crippen MR) is 67.9 cm³/mol. The Morgan fingerprint density at radius 1 is 1.38 bits per heavy atom. The molecule has 2 rings (SSSR count). The van der Waals surface area contributed by atoms with Crippen molar-refractivity contribution in [3.8, 4) is 5.75 Å². The molecule has 3 heteroatoms. The molecule has 2 atom stereocenters. The van der Waals surface area contributed by atoms with Gasteiger partial charge in [-0.05, 0) is 37.3 Å². The van der Waals surface area contributed by atoms with E-state index in [0.29, 0.717) is 16.8 Å². The van der Waals surface area contributed by atoms with E-state index in [1.54, 1.807) is 12.1 Å². The number of hydrogen-bond donors (Lipinski definition) is 1. The van der Waals surface area contributed by atoms with Gasteiger partial charge in [-0.15, -0.1) is 0 Å². The number of ether oxygens (including phenoxy) is 1. The van der Waals surface area contributed by atoms with Crippen LogP contribution < -0.4 is 10.5 Å². The van der Waals surface area contributed by atoms with Gasteiger partial charge in [0.25, 0.3) is 0 Å². The quantitative estimate of drug-likeness (QED) is 0.795. The summed E-state index contributed by atoms with van der Waals surface area (Å²) in [7, 11) is 0. The van der Waals surface area contributed by atoms with Crippen LogP contribution in [-0.2, 0) is 0 Å². The Labute approximate surface area is 102 Å². The molecule has 0 bridgehead atoms. The summed E-state index contributed by atoms with van der Waals surface area (Å²) in [5.74, 6) is 1.60. The van der Waals surface area contributed by atoms with E-state index < -0.39 is 0 Å². The number of nitrogen functional groups attached to an aromatic ring is 1. The molecule has 0 heterocycles. The van der Waals surface area contributed by atoms with E-state index >= 15 is 0 Å². The number of hydrogen-bond acceptors (Lipinski definition) is 2. The Morgan fingerprint density at radius 2 is 2.19 bits per heavy atom. The number of halogens is 1. The summed E-state index contributed by atoms with van der Waals surface area (Å²) in [6, 6.07) is 5.49. The highest BCUT2D eigenvalue weighted by molar-refractivity contribution is 6.33. The minimum absolute atomic E-state index is 0.337. The van der Waals surface area contributed by atoms with Gasteiger partial charge in [-0.3, -0.25) is 0 Å². The molecule has 1 aromatic carbocycles. The maximum Gasteiger partial charge on any atom is 0.121 e. The molecule has 0 spiro atoms. The van der Waals surface area contributed by atoms with Gasteiger partial charge in [0, 0.05) is 6.07 Å². The fourth-order valence-electron chi connectivity index (χ4n) is 2.26. The maximum absolute atomic E-state index is 5.96. The minimum atomic E-state index is 0.337. The first-order chi connectivity index (χ1) is 7.65. The summed E-state index contributed by atoms with van der Waals surface area (Å²) in [5.41, 5.74) is 6.26. The minimum Gasteiger partial charge on any atom is -0.490 e. The van der Waals surface area contributed by atoms with Crippen LogP contribution in [-0.4, -0.2) is 6.10 Å². The summed E-state index contributed by atoms with van der Waals surface area (Å²) in [5, 5.41) is 0.571. The molecule has 0 amide bonds. The second kappa shape index (κ2) is 4.96. The van der Waals surface area contributed by atoms with E-state index in [2.05, 4.69) is 6.92 Å². The van der Waals surface area contributed by atoms with Crippen LogP contribution in [0.2, 0.25) is 5.02 Å². The van der Waals surface area contributed by atoms with Crippen LogP contribution >= 0.6 is 11.6 Å². The third kappa shape index (κ3) is 2.82. The van der Waals surface area contributed by atoms with Crippen molar-refractivity contribution in [1.82, 2.24) is 0 Å². The van der Waals surface area contributed by atoms with Gasteiger partial charge in [0.2, 0.25) is 0 Å². The molecule has 1 saturated carbocycles. The van der Waals surface area contributed by atoms with Crippen molar-refractivity contribution in [2.45, 2.75) is 38.7 Å². The Hall–Kier alpha value is -0.890. The summed E-state index contributed by atoms with van der Waals surface area (Å²) in [4.78, 5) is 0. The second-order valence-corrected chi connectivity index (χ2v) is 5.10. The fourth-order valence-corrected chi connectivity index (χ4v) is 2.43. The highest BCUT2D eigenvalue weighted by Crippen LogP contribution is 2.30. The van der Waals surface area contributed by atoms with Gasteiger partial charge in [-0.25, -0.2) is 0 Å². The number of nitrogens with two attached hydrogens (primary N) is 1. The molecule has 1 aliphatic carbocycles. The summed E-state index contributed by atoms with van der Waals surface area (Å²) in [6.07, 6.45) is 5.20. The Bertz CT molecular complexity index is 367. The summed E-state index contributed by atoms with van der Waals surface area (Å²) in [6.45, 7) is 2.28. The normalized spacial score (nSPS) is 25.4. The van der Waals surface area contributed by atoms with Crippen molar-refractivity contribution in [2.75, 3.05) is 5.73 Å². The van der Waals surface area contributed by atoms with Crippen molar-refractivity contribution >= 4 is 17.3 Å². The summed E-state index contributed by atoms with van der Waals surface area (Å²) >= 11 is 5.96. The molecule has 0 saturated heterocycles. The largest absolute Gasteiger partial charge is 0.490 e. The molecule has 2 nitrogen and oxygen atoms in total. The van der Waals surface area contributed by atoms with Crippen molar-refractivity contribution < 1.29 is 4.74 Å². The molecule has 0 aliphatic heterocycles. The number of rotatable bonds is 2. The van der Waals surface area contributed by atoms with Crippen molar-refractivity contribution in [2.24, 2.45) is 5.92 Å². The van der Waals surface area contributed by atoms with Crippen molar-refractivity contribution in [3.05, 3.63) is 23.2 Å². The average molecular weight is 240 g/mol. The van der Waals surface area contributed by atoms with E-state index in [-0.39, 0.29) is 0 Å². The summed E-state index contributed by atoms with van der Waals surface area (Å²) < 4.78 is 5.92. The van der Waals surface area contributed by atoms with Crippen LogP contribution in [0.5, 0.6) is 5.75 Å². The van der Waals surface area contributed by atoms with Gasteiger partial charge in [0.15, 0.2) is 0 Å². The molecule has 88 valence electrons. The van der Waals surface area contributed by atoms with E-state index in [9.17, 15) is 0 Å². The first-order valence-electron chi connectivity index (χ1n) is 5.87. The lowest BCUT2D eigenvalue weighted by Crippen LogP contribution is -2.24.